The topological polar surface area (TPSA) is 98.8 Å². The number of amides is 1. The third-order valence-corrected chi connectivity index (χ3v) is 4.61. The average molecular weight is 389 g/mol. The first kappa shape index (κ1) is 21.9. The van der Waals surface area contributed by atoms with Crippen molar-refractivity contribution >= 4 is 6.09 Å². The maximum absolute atomic E-state index is 12.0. The highest BCUT2D eigenvalue weighted by Crippen LogP contribution is 2.22. The first-order valence-corrected chi connectivity index (χ1v) is 9.61. The van der Waals surface area contributed by atoms with Crippen LogP contribution in [-0.4, -0.2) is 50.6 Å². The molecule has 2 rings (SSSR count). The zero-order chi connectivity index (χ0) is 20.7. The van der Waals surface area contributed by atoms with Crippen molar-refractivity contribution in [2.75, 3.05) is 6.54 Å². The molecule has 0 aliphatic rings. The SMILES string of the molecule is CCc1cc(CNC[C@H](O)[C@H](Cc2ccccc2)N(C(=O)O)C(C)(C)C)on1. The van der Waals surface area contributed by atoms with Gasteiger partial charge in [-0.3, -0.25) is 4.90 Å². The molecule has 0 saturated carbocycles. The standard InChI is InChI=1S/C21H31N3O4/c1-5-16-12-17(28-23-16)13-22-14-19(25)18(11-15-9-7-6-8-10-15)24(20(26)27)21(2,3)4/h6-10,12,18-19,22,25H,5,11,13-14H2,1-4H3,(H,26,27)/t18-,19-/m0/s1. The van der Waals surface area contributed by atoms with Gasteiger partial charge in [-0.1, -0.05) is 42.4 Å². The van der Waals surface area contributed by atoms with Gasteiger partial charge in [0.2, 0.25) is 0 Å². The lowest BCUT2D eigenvalue weighted by molar-refractivity contribution is 0.00753. The summed E-state index contributed by atoms with van der Waals surface area (Å²) in [5.74, 6) is 0.689. The van der Waals surface area contributed by atoms with E-state index in [0.717, 1.165) is 17.7 Å². The second-order valence-corrected chi connectivity index (χ2v) is 7.92. The van der Waals surface area contributed by atoms with Crippen LogP contribution >= 0.6 is 0 Å². The summed E-state index contributed by atoms with van der Waals surface area (Å²) < 4.78 is 5.23. The van der Waals surface area contributed by atoms with Gasteiger partial charge in [-0.05, 0) is 39.2 Å². The molecule has 7 nitrogen and oxygen atoms in total. The van der Waals surface area contributed by atoms with Crippen LogP contribution in [-0.2, 0) is 19.4 Å². The number of carboxylic acid groups (broad SMARTS) is 1. The number of benzene rings is 1. The van der Waals surface area contributed by atoms with E-state index in [-0.39, 0.29) is 6.54 Å². The molecule has 28 heavy (non-hydrogen) atoms. The minimum absolute atomic E-state index is 0.236. The number of hydrogen-bond donors (Lipinski definition) is 3. The highest BCUT2D eigenvalue weighted by atomic mass is 16.5. The van der Waals surface area contributed by atoms with Crippen molar-refractivity contribution < 1.29 is 19.5 Å². The van der Waals surface area contributed by atoms with Crippen molar-refractivity contribution in [3.63, 3.8) is 0 Å². The Hall–Kier alpha value is -2.38. The van der Waals surface area contributed by atoms with Crippen molar-refractivity contribution in [1.82, 2.24) is 15.4 Å². The molecule has 0 radical (unpaired) electrons. The summed E-state index contributed by atoms with van der Waals surface area (Å²) in [6, 6.07) is 10.9. The highest BCUT2D eigenvalue weighted by Gasteiger charge is 2.37. The molecule has 0 saturated heterocycles. The molecule has 0 aliphatic heterocycles. The Bertz CT molecular complexity index is 740. The summed E-state index contributed by atoms with van der Waals surface area (Å²) in [7, 11) is 0. The molecule has 0 aliphatic carbocycles. The van der Waals surface area contributed by atoms with E-state index >= 15 is 0 Å². The zero-order valence-corrected chi connectivity index (χ0v) is 17.1. The van der Waals surface area contributed by atoms with Crippen LogP contribution in [0.2, 0.25) is 0 Å². The number of nitrogens with zero attached hydrogens (tertiary/aromatic N) is 2. The molecule has 0 fully saturated rings. The first-order chi connectivity index (χ1) is 13.2. The van der Waals surface area contributed by atoms with Gasteiger partial charge >= 0.3 is 6.09 Å². The molecule has 1 heterocycles. The van der Waals surface area contributed by atoms with E-state index in [1.54, 1.807) is 0 Å². The second kappa shape index (κ2) is 9.71. The lowest BCUT2D eigenvalue weighted by atomic mass is 9.94. The van der Waals surface area contributed by atoms with Crippen molar-refractivity contribution in [3.8, 4) is 0 Å². The molecule has 0 unspecified atom stereocenters. The van der Waals surface area contributed by atoms with Crippen LogP contribution < -0.4 is 5.32 Å². The molecule has 1 aromatic carbocycles. The van der Waals surface area contributed by atoms with Crippen LogP contribution in [0.3, 0.4) is 0 Å². The Morgan fingerprint density at radius 2 is 1.96 bits per heavy atom. The summed E-state index contributed by atoms with van der Waals surface area (Å²) >= 11 is 0. The predicted molar refractivity (Wildman–Crippen MR) is 107 cm³/mol. The molecule has 0 bridgehead atoms. The number of aliphatic hydroxyl groups excluding tert-OH is 1. The normalized spacial score (nSPS) is 13.9. The van der Waals surface area contributed by atoms with Gasteiger partial charge in [0.05, 0.1) is 24.4 Å². The zero-order valence-electron chi connectivity index (χ0n) is 17.1. The number of nitrogens with one attached hydrogen (secondary N) is 1. The van der Waals surface area contributed by atoms with Crippen LogP contribution in [0.4, 0.5) is 4.79 Å². The quantitative estimate of drug-likeness (QED) is 0.610. The summed E-state index contributed by atoms with van der Waals surface area (Å²) in [5.41, 5.74) is 1.21. The number of aliphatic hydroxyl groups is 1. The van der Waals surface area contributed by atoms with Crippen molar-refractivity contribution in [2.24, 2.45) is 0 Å². The minimum atomic E-state index is -1.05. The monoisotopic (exact) mass is 389 g/mol. The van der Waals surface area contributed by atoms with Crippen LogP contribution in [0.15, 0.2) is 40.9 Å². The smallest absolute Gasteiger partial charge is 0.408 e. The molecule has 2 aromatic rings. The van der Waals surface area contributed by atoms with E-state index in [1.807, 2.05) is 64.1 Å². The lowest BCUT2D eigenvalue weighted by Crippen LogP contribution is -2.58. The maximum Gasteiger partial charge on any atom is 0.408 e. The molecule has 1 aromatic heterocycles. The van der Waals surface area contributed by atoms with Gasteiger partial charge in [0.25, 0.3) is 0 Å². The van der Waals surface area contributed by atoms with E-state index in [2.05, 4.69) is 10.5 Å². The van der Waals surface area contributed by atoms with Crippen LogP contribution in [0.5, 0.6) is 0 Å². The molecule has 1 amide bonds. The summed E-state index contributed by atoms with van der Waals surface area (Å²) in [6.07, 6.45) is -0.709. The summed E-state index contributed by atoms with van der Waals surface area (Å²) in [5, 5.41) is 27.8. The number of carbonyl (C=O) groups is 1. The lowest BCUT2D eigenvalue weighted by Gasteiger charge is -2.42. The van der Waals surface area contributed by atoms with Crippen LogP contribution in [0, 0.1) is 0 Å². The van der Waals surface area contributed by atoms with E-state index < -0.39 is 23.8 Å². The summed E-state index contributed by atoms with van der Waals surface area (Å²) in [4.78, 5) is 13.3. The number of rotatable bonds is 9. The Morgan fingerprint density at radius 1 is 1.29 bits per heavy atom. The predicted octanol–water partition coefficient (Wildman–Crippen LogP) is 3.08. The fraction of sp³-hybridized carbons (Fsp3) is 0.524. The third kappa shape index (κ3) is 6.07. The largest absolute Gasteiger partial charge is 0.465 e. The van der Waals surface area contributed by atoms with Gasteiger partial charge in [0, 0.05) is 18.2 Å². The van der Waals surface area contributed by atoms with Gasteiger partial charge in [-0.25, -0.2) is 4.79 Å². The van der Waals surface area contributed by atoms with E-state index in [9.17, 15) is 15.0 Å². The van der Waals surface area contributed by atoms with Crippen LogP contribution in [0.25, 0.3) is 0 Å². The van der Waals surface area contributed by atoms with Crippen molar-refractivity contribution in [1.29, 1.82) is 0 Å². The minimum Gasteiger partial charge on any atom is -0.465 e. The third-order valence-electron chi connectivity index (χ3n) is 4.61. The van der Waals surface area contributed by atoms with Gasteiger partial charge < -0.3 is 20.1 Å². The second-order valence-electron chi connectivity index (χ2n) is 7.92. The Balaban J connectivity index is 2.10. The number of aromatic nitrogens is 1. The molecular weight excluding hydrogens is 358 g/mol. The number of aryl methyl sites for hydroxylation is 1. The highest BCUT2D eigenvalue weighted by molar-refractivity contribution is 5.66. The number of hydrogen-bond acceptors (Lipinski definition) is 5. The van der Waals surface area contributed by atoms with E-state index in [1.165, 1.54) is 4.90 Å². The van der Waals surface area contributed by atoms with Gasteiger partial charge in [0.15, 0.2) is 5.76 Å². The fourth-order valence-corrected chi connectivity index (χ4v) is 3.27. The molecule has 3 N–H and O–H groups in total. The Morgan fingerprint density at radius 3 is 2.50 bits per heavy atom. The van der Waals surface area contributed by atoms with Gasteiger partial charge in [0.1, 0.15) is 0 Å². The molecule has 2 atom stereocenters. The Labute approximate surface area is 166 Å². The maximum atomic E-state index is 12.0. The fourth-order valence-electron chi connectivity index (χ4n) is 3.27. The summed E-state index contributed by atoms with van der Waals surface area (Å²) in [6.45, 7) is 8.16. The van der Waals surface area contributed by atoms with E-state index in [0.29, 0.717) is 18.7 Å². The van der Waals surface area contributed by atoms with Crippen molar-refractivity contribution in [2.45, 2.75) is 64.8 Å². The molecule has 0 spiro atoms. The molecular formula is C21H31N3O4. The Kier molecular flexibility index (Phi) is 7.60. The average Bonchev–Trinajstić information content (AvgIpc) is 3.08. The van der Waals surface area contributed by atoms with E-state index in [4.69, 9.17) is 4.52 Å². The molecule has 154 valence electrons. The van der Waals surface area contributed by atoms with Crippen LogP contribution in [0.1, 0.15) is 44.7 Å². The first-order valence-electron chi connectivity index (χ1n) is 9.61. The molecule has 7 heteroatoms. The van der Waals surface area contributed by atoms with Crippen molar-refractivity contribution in [3.05, 3.63) is 53.4 Å². The van der Waals surface area contributed by atoms with Gasteiger partial charge in [-0.15, -0.1) is 0 Å². The van der Waals surface area contributed by atoms with Gasteiger partial charge in [-0.2, -0.15) is 0 Å².